The van der Waals surface area contributed by atoms with E-state index in [2.05, 4.69) is 10.0 Å². The van der Waals surface area contributed by atoms with Crippen molar-refractivity contribution < 1.29 is 22.3 Å². The molecule has 1 amide bonds. The molecule has 3 rings (SSSR count). The minimum absolute atomic E-state index is 0.134. The molecule has 0 spiro atoms. The number of nitrogens with one attached hydrogen (secondary N) is 2. The number of halogens is 1. The first-order chi connectivity index (χ1) is 13.3. The van der Waals surface area contributed by atoms with Crippen LogP contribution in [0, 0.1) is 12.7 Å². The van der Waals surface area contributed by atoms with Gasteiger partial charge in [-0.05, 0) is 62.1 Å². The Bertz CT molecular complexity index is 958. The zero-order chi connectivity index (χ0) is 20.3. The van der Waals surface area contributed by atoms with Crippen molar-refractivity contribution in [3.05, 3.63) is 59.4 Å². The van der Waals surface area contributed by atoms with E-state index in [1.807, 2.05) is 0 Å². The number of hydrogen-bond acceptors (Lipinski definition) is 4. The molecular weight excluding hydrogens is 383 g/mol. The second kappa shape index (κ2) is 8.28. The van der Waals surface area contributed by atoms with Gasteiger partial charge in [-0.15, -0.1) is 0 Å². The predicted molar refractivity (Wildman–Crippen MR) is 103 cm³/mol. The average Bonchev–Trinajstić information content (AvgIpc) is 3.07. The Morgan fingerprint density at radius 3 is 2.61 bits per heavy atom. The molecule has 0 aliphatic heterocycles. The first-order valence-corrected chi connectivity index (χ1v) is 10.5. The van der Waals surface area contributed by atoms with Gasteiger partial charge in [0.25, 0.3) is 5.91 Å². The number of rotatable bonds is 6. The van der Waals surface area contributed by atoms with Crippen molar-refractivity contribution in [2.45, 2.75) is 43.2 Å². The van der Waals surface area contributed by atoms with Gasteiger partial charge >= 0.3 is 0 Å². The Hall–Kier alpha value is -2.45. The summed E-state index contributed by atoms with van der Waals surface area (Å²) >= 11 is 0. The fourth-order valence-electron chi connectivity index (χ4n) is 3.41. The minimum atomic E-state index is -3.68. The van der Waals surface area contributed by atoms with Crippen molar-refractivity contribution in [1.82, 2.24) is 10.0 Å². The van der Waals surface area contributed by atoms with E-state index in [0.29, 0.717) is 30.6 Å². The third-order valence-electron chi connectivity index (χ3n) is 4.75. The van der Waals surface area contributed by atoms with Gasteiger partial charge in [-0.25, -0.2) is 17.5 Å². The monoisotopic (exact) mass is 406 g/mol. The maximum absolute atomic E-state index is 13.5. The smallest absolute Gasteiger partial charge is 0.251 e. The van der Waals surface area contributed by atoms with Crippen LogP contribution in [-0.2, 0) is 10.0 Å². The average molecular weight is 406 g/mol. The number of carbonyl (C=O) groups excluding carboxylic acids is 1. The number of methoxy groups -OCH3 is 1. The molecule has 8 heteroatoms. The molecule has 2 N–H and O–H groups in total. The molecule has 0 heterocycles. The number of amides is 1. The topological polar surface area (TPSA) is 84.5 Å². The van der Waals surface area contributed by atoms with E-state index in [0.717, 1.165) is 0 Å². The molecule has 1 aliphatic rings. The first kappa shape index (κ1) is 20.3. The van der Waals surface area contributed by atoms with Gasteiger partial charge in [0.2, 0.25) is 10.0 Å². The van der Waals surface area contributed by atoms with Crippen LogP contribution in [0.3, 0.4) is 0 Å². The lowest BCUT2D eigenvalue weighted by Gasteiger charge is -2.15. The van der Waals surface area contributed by atoms with Crippen LogP contribution in [0.15, 0.2) is 47.4 Å². The summed E-state index contributed by atoms with van der Waals surface area (Å²) in [6.45, 7) is 1.72. The molecular formula is C20H23FN2O4S. The standard InChI is InChI=1S/C20H23FN2O4S/c1-13-8-14(10-15(21)9-13)20(24)22-16-6-7-17(11-16)23-28(25,26)19-5-3-4-18(12-19)27-2/h3-5,8-10,12,16-17,23H,6-7,11H2,1-2H3,(H,22,24)/t16-,17+/m1/s1. The van der Waals surface area contributed by atoms with E-state index >= 15 is 0 Å². The zero-order valence-electron chi connectivity index (χ0n) is 15.7. The molecule has 6 nitrogen and oxygen atoms in total. The Kier molecular flexibility index (Phi) is 6.00. The lowest BCUT2D eigenvalue weighted by atomic mass is 10.1. The van der Waals surface area contributed by atoms with Gasteiger partial charge in [-0.3, -0.25) is 4.79 Å². The summed E-state index contributed by atoms with van der Waals surface area (Å²) in [4.78, 5) is 12.5. The second-order valence-corrected chi connectivity index (χ2v) is 8.71. The SMILES string of the molecule is COc1cccc(S(=O)(=O)N[C@H]2CC[C@@H](NC(=O)c3cc(C)cc(F)c3)C2)c1. The molecule has 0 unspecified atom stereocenters. The summed E-state index contributed by atoms with van der Waals surface area (Å²) < 4.78 is 46.4. The molecule has 0 aromatic heterocycles. The van der Waals surface area contributed by atoms with Crippen LogP contribution in [-0.4, -0.2) is 33.5 Å². The summed E-state index contributed by atoms with van der Waals surface area (Å²) in [6, 6.07) is 9.98. The van der Waals surface area contributed by atoms with Crippen molar-refractivity contribution in [3.63, 3.8) is 0 Å². The number of carbonyl (C=O) groups is 1. The van der Waals surface area contributed by atoms with Crippen molar-refractivity contribution in [2.24, 2.45) is 0 Å². The number of ether oxygens (including phenoxy) is 1. The van der Waals surface area contributed by atoms with E-state index in [1.54, 1.807) is 25.1 Å². The largest absolute Gasteiger partial charge is 0.497 e. The molecule has 2 atom stereocenters. The molecule has 0 saturated heterocycles. The van der Waals surface area contributed by atoms with Gasteiger partial charge in [0.1, 0.15) is 11.6 Å². The van der Waals surface area contributed by atoms with Gasteiger partial charge in [-0.2, -0.15) is 0 Å². The molecule has 0 bridgehead atoms. The van der Waals surface area contributed by atoms with Gasteiger partial charge in [-0.1, -0.05) is 6.07 Å². The summed E-state index contributed by atoms with van der Waals surface area (Å²) in [6.07, 6.45) is 1.73. The van der Waals surface area contributed by atoms with Crippen LogP contribution in [0.2, 0.25) is 0 Å². The third-order valence-corrected chi connectivity index (χ3v) is 6.26. The maximum Gasteiger partial charge on any atom is 0.251 e. The number of sulfonamides is 1. The normalized spacial score (nSPS) is 19.4. The zero-order valence-corrected chi connectivity index (χ0v) is 16.6. The molecule has 28 heavy (non-hydrogen) atoms. The van der Waals surface area contributed by atoms with Crippen molar-refractivity contribution in [3.8, 4) is 5.75 Å². The quantitative estimate of drug-likeness (QED) is 0.773. The van der Waals surface area contributed by atoms with Gasteiger partial charge in [0.15, 0.2) is 0 Å². The Morgan fingerprint density at radius 2 is 1.89 bits per heavy atom. The Labute approximate surface area is 164 Å². The number of aryl methyl sites for hydroxylation is 1. The highest BCUT2D eigenvalue weighted by Gasteiger charge is 2.30. The van der Waals surface area contributed by atoms with Crippen LogP contribution in [0.5, 0.6) is 5.75 Å². The molecule has 1 aliphatic carbocycles. The van der Waals surface area contributed by atoms with Crippen molar-refractivity contribution in [1.29, 1.82) is 0 Å². The van der Waals surface area contributed by atoms with Crippen molar-refractivity contribution in [2.75, 3.05) is 7.11 Å². The van der Waals surface area contributed by atoms with E-state index in [-0.39, 0.29) is 28.4 Å². The second-order valence-electron chi connectivity index (χ2n) is 7.00. The van der Waals surface area contributed by atoms with Crippen LogP contribution in [0.4, 0.5) is 4.39 Å². The van der Waals surface area contributed by atoms with Gasteiger partial charge in [0, 0.05) is 23.7 Å². The Balaban J connectivity index is 1.61. The molecule has 2 aromatic rings. The number of benzene rings is 2. The van der Waals surface area contributed by atoms with Crippen LogP contribution in [0.25, 0.3) is 0 Å². The molecule has 1 fully saturated rings. The highest BCUT2D eigenvalue weighted by atomic mass is 32.2. The molecule has 1 saturated carbocycles. The van der Waals surface area contributed by atoms with E-state index in [4.69, 9.17) is 4.74 Å². The first-order valence-electron chi connectivity index (χ1n) is 9.01. The number of hydrogen-bond donors (Lipinski definition) is 2. The van der Waals surface area contributed by atoms with Crippen LogP contribution >= 0.6 is 0 Å². The summed E-state index contributed by atoms with van der Waals surface area (Å²) in [5.74, 6) is -0.353. The fraction of sp³-hybridized carbons (Fsp3) is 0.350. The molecule has 2 aromatic carbocycles. The van der Waals surface area contributed by atoms with Crippen LogP contribution < -0.4 is 14.8 Å². The summed E-state index contributed by atoms with van der Waals surface area (Å²) in [5.41, 5.74) is 0.929. The fourth-order valence-corrected chi connectivity index (χ4v) is 4.73. The van der Waals surface area contributed by atoms with E-state index < -0.39 is 15.8 Å². The maximum atomic E-state index is 13.5. The minimum Gasteiger partial charge on any atom is -0.497 e. The lowest BCUT2D eigenvalue weighted by molar-refractivity contribution is 0.0937. The summed E-state index contributed by atoms with van der Waals surface area (Å²) in [5, 5.41) is 2.86. The third kappa shape index (κ3) is 4.88. The summed E-state index contributed by atoms with van der Waals surface area (Å²) in [7, 11) is -2.21. The van der Waals surface area contributed by atoms with Gasteiger partial charge in [0.05, 0.1) is 12.0 Å². The van der Waals surface area contributed by atoms with E-state index in [9.17, 15) is 17.6 Å². The molecule has 0 radical (unpaired) electrons. The highest BCUT2D eigenvalue weighted by Crippen LogP contribution is 2.23. The molecule has 150 valence electrons. The lowest BCUT2D eigenvalue weighted by Crippen LogP contribution is -2.37. The van der Waals surface area contributed by atoms with Gasteiger partial charge < -0.3 is 10.1 Å². The van der Waals surface area contributed by atoms with Crippen molar-refractivity contribution >= 4 is 15.9 Å². The highest BCUT2D eigenvalue weighted by molar-refractivity contribution is 7.89. The Morgan fingerprint density at radius 1 is 1.14 bits per heavy atom. The van der Waals surface area contributed by atoms with Crippen LogP contribution in [0.1, 0.15) is 35.2 Å². The predicted octanol–water partition coefficient (Wildman–Crippen LogP) is 2.77. The van der Waals surface area contributed by atoms with E-state index in [1.165, 1.54) is 31.4 Å².